The fourth-order valence-corrected chi connectivity index (χ4v) is 4.44. The van der Waals surface area contributed by atoms with E-state index in [2.05, 4.69) is 60.6 Å². The maximum atomic E-state index is 6.27. The first kappa shape index (κ1) is 20.7. The maximum absolute atomic E-state index is 6.27. The minimum Gasteiger partial charge on any atom is -0.497 e. The summed E-state index contributed by atoms with van der Waals surface area (Å²) in [4.78, 5) is 6.82. The summed E-state index contributed by atoms with van der Waals surface area (Å²) in [6.07, 6.45) is 17.3. The van der Waals surface area contributed by atoms with Crippen molar-refractivity contribution >= 4 is 16.5 Å². The average Bonchev–Trinajstić information content (AvgIpc) is 3.40. The van der Waals surface area contributed by atoms with Crippen LogP contribution in [0.4, 0.5) is 0 Å². The van der Waals surface area contributed by atoms with Crippen molar-refractivity contribution in [2.75, 3.05) is 26.2 Å². The number of aromatic amines is 2. The van der Waals surface area contributed by atoms with Crippen LogP contribution in [0.2, 0.25) is 0 Å². The van der Waals surface area contributed by atoms with Crippen molar-refractivity contribution in [3.05, 3.63) is 60.3 Å². The number of hydrogen-bond donors (Lipinski definition) is 2. The minimum atomic E-state index is 0.736. The second kappa shape index (κ2) is 9.96. The number of allylic oxidation sites excluding steroid dienone is 6. The molecule has 2 N–H and O–H groups in total. The van der Waals surface area contributed by atoms with Gasteiger partial charge in [-0.25, -0.2) is 4.98 Å². The standard InChI is InChI=1S/C25H30N6O/c1-2-7-13-31(12-6-1)14-15-32-21-9-5-3-4-8-19(16-21)24-22-17-20(25-26-18-27-30-25)10-11-23(22)28-29-24/h3-4,8,10-11,16-18H,1-2,5-7,9,12-15H2,(H,28,29)(H,26,27,30)/b4-3-,19-8+,21-16+. The molecule has 1 aliphatic carbocycles. The van der Waals surface area contributed by atoms with Crippen LogP contribution in [-0.4, -0.2) is 56.5 Å². The predicted molar refractivity (Wildman–Crippen MR) is 127 cm³/mol. The molecule has 3 aromatic rings. The summed E-state index contributed by atoms with van der Waals surface area (Å²) < 4.78 is 6.27. The molecule has 2 aliphatic rings. The quantitative estimate of drug-likeness (QED) is 0.584. The third kappa shape index (κ3) is 4.83. The molecule has 1 aliphatic heterocycles. The highest BCUT2D eigenvalue weighted by Crippen LogP contribution is 2.29. The van der Waals surface area contributed by atoms with Crippen molar-refractivity contribution in [3.63, 3.8) is 0 Å². The lowest BCUT2D eigenvalue weighted by molar-refractivity contribution is 0.154. The van der Waals surface area contributed by atoms with Crippen molar-refractivity contribution in [1.29, 1.82) is 0 Å². The Morgan fingerprint density at radius 1 is 1.06 bits per heavy atom. The van der Waals surface area contributed by atoms with Crippen molar-refractivity contribution in [3.8, 4) is 11.4 Å². The Morgan fingerprint density at radius 2 is 1.97 bits per heavy atom. The molecule has 0 saturated carbocycles. The van der Waals surface area contributed by atoms with Crippen LogP contribution in [0.1, 0.15) is 44.2 Å². The zero-order chi connectivity index (χ0) is 21.6. The third-order valence-electron chi connectivity index (χ3n) is 6.20. The lowest BCUT2D eigenvalue weighted by atomic mass is 10.0. The highest BCUT2D eigenvalue weighted by atomic mass is 16.5. The van der Waals surface area contributed by atoms with E-state index in [1.54, 1.807) is 0 Å². The van der Waals surface area contributed by atoms with Crippen molar-refractivity contribution < 1.29 is 4.74 Å². The molecular formula is C25H30N6O. The lowest BCUT2D eigenvalue weighted by Crippen LogP contribution is -2.28. The number of fused-ring (bicyclic) bond motifs is 1. The Kier molecular flexibility index (Phi) is 6.44. The van der Waals surface area contributed by atoms with Gasteiger partial charge in [0.1, 0.15) is 18.6 Å². The van der Waals surface area contributed by atoms with Gasteiger partial charge in [0.15, 0.2) is 5.82 Å². The first-order valence-electron chi connectivity index (χ1n) is 11.6. The molecule has 0 bridgehead atoms. The Morgan fingerprint density at radius 3 is 2.81 bits per heavy atom. The smallest absolute Gasteiger partial charge is 0.155 e. The molecular weight excluding hydrogens is 400 g/mol. The number of benzene rings is 1. The number of aromatic nitrogens is 5. The molecule has 0 unspecified atom stereocenters. The number of nitrogens with one attached hydrogen (secondary N) is 2. The molecule has 5 rings (SSSR count). The van der Waals surface area contributed by atoms with Gasteiger partial charge in [-0.3, -0.25) is 15.1 Å². The Hall–Kier alpha value is -3.19. The molecule has 2 aromatic heterocycles. The first-order chi connectivity index (χ1) is 15.9. The lowest BCUT2D eigenvalue weighted by Gasteiger charge is -2.20. The highest BCUT2D eigenvalue weighted by Gasteiger charge is 2.14. The van der Waals surface area contributed by atoms with E-state index in [-0.39, 0.29) is 0 Å². The number of H-pyrrole nitrogens is 2. The first-order valence-corrected chi connectivity index (χ1v) is 11.6. The van der Waals surface area contributed by atoms with Gasteiger partial charge in [0.2, 0.25) is 0 Å². The highest BCUT2D eigenvalue weighted by molar-refractivity contribution is 5.95. The summed E-state index contributed by atoms with van der Waals surface area (Å²) in [5.74, 6) is 1.77. The van der Waals surface area contributed by atoms with Gasteiger partial charge >= 0.3 is 0 Å². The minimum absolute atomic E-state index is 0.736. The third-order valence-corrected chi connectivity index (χ3v) is 6.20. The molecule has 0 atom stereocenters. The van der Waals surface area contributed by atoms with Crippen LogP contribution < -0.4 is 0 Å². The predicted octanol–water partition coefficient (Wildman–Crippen LogP) is 4.86. The average molecular weight is 431 g/mol. The molecule has 1 fully saturated rings. The van der Waals surface area contributed by atoms with Crippen LogP contribution in [0.15, 0.2) is 54.6 Å². The van der Waals surface area contributed by atoms with Crippen molar-refractivity contribution in [1.82, 2.24) is 30.3 Å². The monoisotopic (exact) mass is 430 g/mol. The normalized spacial score (nSPS) is 22.2. The molecule has 3 heterocycles. The zero-order valence-corrected chi connectivity index (χ0v) is 18.4. The van der Waals surface area contributed by atoms with Gasteiger partial charge in [-0.2, -0.15) is 10.2 Å². The van der Waals surface area contributed by atoms with Crippen molar-refractivity contribution in [2.24, 2.45) is 0 Å². The fourth-order valence-electron chi connectivity index (χ4n) is 4.44. The largest absolute Gasteiger partial charge is 0.497 e. The molecule has 166 valence electrons. The summed E-state index contributed by atoms with van der Waals surface area (Å²) in [7, 11) is 0. The molecule has 1 aromatic carbocycles. The van der Waals surface area contributed by atoms with Gasteiger partial charge in [-0.15, -0.1) is 0 Å². The Bertz CT molecular complexity index is 1120. The van der Waals surface area contributed by atoms with E-state index >= 15 is 0 Å². The molecule has 7 nitrogen and oxygen atoms in total. The zero-order valence-electron chi connectivity index (χ0n) is 18.4. The van der Waals surface area contributed by atoms with Crippen LogP contribution in [-0.2, 0) is 4.74 Å². The van der Waals surface area contributed by atoms with E-state index in [1.807, 2.05) is 12.1 Å². The number of ether oxygens (including phenoxy) is 1. The van der Waals surface area contributed by atoms with E-state index in [9.17, 15) is 0 Å². The van der Waals surface area contributed by atoms with Gasteiger partial charge in [0.05, 0.1) is 11.3 Å². The van der Waals surface area contributed by atoms with Crippen molar-refractivity contribution in [2.45, 2.75) is 38.5 Å². The number of hydrogen-bond acceptors (Lipinski definition) is 5. The molecule has 0 spiro atoms. The van der Waals surface area contributed by atoms with E-state index in [1.165, 1.54) is 45.1 Å². The topological polar surface area (TPSA) is 82.7 Å². The van der Waals surface area contributed by atoms with Crippen LogP contribution in [0.3, 0.4) is 0 Å². The van der Waals surface area contributed by atoms with E-state index in [0.29, 0.717) is 0 Å². The molecule has 0 amide bonds. The summed E-state index contributed by atoms with van der Waals surface area (Å²) >= 11 is 0. The fraction of sp³-hybridized carbons (Fsp3) is 0.400. The maximum Gasteiger partial charge on any atom is 0.155 e. The SMILES string of the molecule is C1=C/CC\C(OCCN2CCCCCC2)=C/C(c2n[nH]c3ccc(-c4ncn[nH]4)cc23)=C\1. The van der Waals surface area contributed by atoms with E-state index < -0.39 is 0 Å². The van der Waals surface area contributed by atoms with Gasteiger partial charge in [-0.05, 0) is 56.6 Å². The van der Waals surface area contributed by atoms with Crippen LogP contribution in [0, 0.1) is 0 Å². The van der Waals surface area contributed by atoms with Crippen LogP contribution >= 0.6 is 0 Å². The number of rotatable bonds is 6. The second-order valence-corrected chi connectivity index (χ2v) is 8.47. The van der Waals surface area contributed by atoms with Gasteiger partial charge in [0.25, 0.3) is 0 Å². The molecule has 32 heavy (non-hydrogen) atoms. The van der Waals surface area contributed by atoms with E-state index in [4.69, 9.17) is 4.74 Å². The Balaban J connectivity index is 1.36. The summed E-state index contributed by atoms with van der Waals surface area (Å²) in [5.41, 5.74) is 3.94. The molecule has 1 saturated heterocycles. The van der Waals surface area contributed by atoms with Gasteiger partial charge in [0, 0.05) is 29.5 Å². The second-order valence-electron chi connectivity index (χ2n) is 8.47. The summed E-state index contributed by atoms with van der Waals surface area (Å²) in [6.45, 7) is 4.13. The number of nitrogens with zero attached hydrogens (tertiary/aromatic N) is 4. The Labute approximate surface area is 188 Å². The number of likely N-dealkylation sites (tertiary alicyclic amines) is 1. The molecule has 7 heteroatoms. The van der Waals surface area contributed by atoms with Gasteiger partial charge < -0.3 is 4.74 Å². The van der Waals surface area contributed by atoms with Crippen LogP contribution in [0.25, 0.3) is 27.9 Å². The van der Waals surface area contributed by atoms with E-state index in [0.717, 1.165) is 65.3 Å². The molecule has 0 radical (unpaired) electrons. The van der Waals surface area contributed by atoms with Gasteiger partial charge in [-0.1, -0.05) is 31.1 Å². The summed E-state index contributed by atoms with van der Waals surface area (Å²) in [5, 5.41) is 15.8. The summed E-state index contributed by atoms with van der Waals surface area (Å²) in [6, 6.07) is 6.15. The van der Waals surface area contributed by atoms with Crippen LogP contribution in [0.5, 0.6) is 0 Å².